The van der Waals surface area contributed by atoms with E-state index in [4.69, 9.17) is 14.2 Å². The second-order valence-corrected chi connectivity index (χ2v) is 8.62. The lowest BCUT2D eigenvalue weighted by atomic mass is 10.1. The molecule has 5 rings (SSSR count). The first-order valence-electron chi connectivity index (χ1n) is 9.29. The molecule has 0 aliphatic carbocycles. The van der Waals surface area contributed by atoms with Crippen LogP contribution in [0.25, 0.3) is 21.6 Å². The number of pyridine rings is 1. The van der Waals surface area contributed by atoms with Crippen LogP contribution in [-0.4, -0.2) is 50.6 Å². The first-order valence-corrected chi connectivity index (χ1v) is 10.2. The largest absolute Gasteiger partial charge is 0.417 e. The minimum atomic E-state index is -4.58. The fourth-order valence-corrected chi connectivity index (χ4v) is 4.68. The van der Waals surface area contributed by atoms with Gasteiger partial charge >= 0.3 is 6.18 Å². The summed E-state index contributed by atoms with van der Waals surface area (Å²) in [6.07, 6.45) is -6.25. The van der Waals surface area contributed by atoms with Gasteiger partial charge in [-0.1, -0.05) is 6.07 Å². The van der Waals surface area contributed by atoms with Crippen LogP contribution in [0.4, 0.5) is 13.2 Å². The molecule has 1 N–H and O–H groups in total. The van der Waals surface area contributed by atoms with Gasteiger partial charge in [0.05, 0.1) is 34.3 Å². The minimum absolute atomic E-state index is 0.0314. The van der Waals surface area contributed by atoms with Crippen LogP contribution in [0.3, 0.4) is 0 Å². The molecule has 3 aromatic rings. The third-order valence-corrected chi connectivity index (χ3v) is 6.08. The molecule has 0 radical (unpaired) electrons. The molecule has 0 amide bonds. The number of ether oxygens (including phenoxy) is 3. The smallest absolute Gasteiger partial charge is 0.394 e. The zero-order valence-corrected chi connectivity index (χ0v) is 16.8. The Morgan fingerprint density at radius 2 is 2.03 bits per heavy atom. The summed E-state index contributed by atoms with van der Waals surface area (Å²) in [6.45, 7) is 3.14. The van der Waals surface area contributed by atoms with Gasteiger partial charge in [0.1, 0.15) is 18.3 Å². The van der Waals surface area contributed by atoms with Gasteiger partial charge in [0.2, 0.25) is 0 Å². The van der Waals surface area contributed by atoms with E-state index in [1.807, 2.05) is 0 Å². The molecular formula is C19H18F3N3O4S. The molecule has 2 aliphatic heterocycles. The average Bonchev–Trinajstić information content (AvgIpc) is 3.42. The third-order valence-electron chi connectivity index (χ3n) is 5.19. The highest BCUT2D eigenvalue weighted by Gasteiger charge is 2.56. The molecule has 2 fully saturated rings. The van der Waals surface area contributed by atoms with E-state index in [1.54, 1.807) is 31.4 Å². The van der Waals surface area contributed by atoms with Crippen molar-refractivity contribution in [3.05, 3.63) is 35.3 Å². The number of aromatic nitrogens is 3. The van der Waals surface area contributed by atoms with E-state index >= 15 is 0 Å². The number of rotatable bonds is 3. The SMILES string of the molecule is CC1(C)O[C@@H]2[C@H](O1)[C@@H](CO)O[C@H]2n1ncc2c(C(F)(F)F)cc(-c3cccs3)nc21. The first kappa shape index (κ1) is 19.9. The van der Waals surface area contributed by atoms with Crippen LogP contribution in [0.15, 0.2) is 29.8 Å². The van der Waals surface area contributed by atoms with Gasteiger partial charge in [-0.2, -0.15) is 18.3 Å². The number of aliphatic hydroxyl groups is 1. The van der Waals surface area contributed by atoms with E-state index in [0.29, 0.717) is 4.88 Å². The van der Waals surface area contributed by atoms with Crippen LogP contribution < -0.4 is 0 Å². The van der Waals surface area contributed by atoms with Gasteiger partial charge in [-0.15, -0.1) is 11.3 Å². The molecule has 2 saturated heterocycles. The van der Waals surface area contributed by atoms with Crippen LogP contribution in [-0.2, 0) is 20.4 Å². The Labute approximate surface area is 173 Å². The molecule has 7 nitrogen and oxygen atoms in total. The van der Waals surface area contributed by atoms with E-state index in [2.05, 4.69) is 10.1 Å². The molecule has 0 bridgehead atoms. The predicted octanol–water partition coefficient (Wildman–Crippen LogP) is 3.59. The van der Waals surface area contributed by atoms with Crippen LogP contribution in [0.1, 0.15) is 25.6 Å². The van der Waals surface area contributed by atoms with Crippen molar-refractivity contribution in [3.63, 3.8) is 0 Å². The average molecular weight is 441 g/mol. The second kappa shape index (κ2) is 6.72. The predicted molar refractivity (Wildman–Crippen MR) is 101 cm³/mol. The Balaban J connectivity index is 1.66. The Morgan fingerprint density at radius 3 is 2.70 bits per heavy atom. The van der Waals surface area contributed by atoms with Crippen molar-refractivity contribution in [2.75, 3.05) is 6.61 Å². The van der Waals surface area contributed by atoms with Crippen molar-refractivity contribution >= 4 is 22.4 Å². The first-order chi connectivity index (χ1) is 14.2. The topological polar surface area (TPSA) is 78.6 Å². The summed E-state index contributed by atoms with van der Waals surface area (Å²) in [5, 5.41) is 15.5. The monoisotopic (exact) mass is 441 g/mol. The minimum Gasteiger partial charge on any atom is -0.394 e. The molecule has 160 valence electrons. The molecule has 30 heavy (non-hydrogen) atoms. The van der Waals surface area contributed by atoms with Gasteiger partial charge in [-0.05, 0) is 31.4 Å². The van der Waals surface area contributed by atoms with Gasteiger partial charge in [0.15, 0.2) is 17.7 Å². The maximum absolute atomic E-state index is 13.8. The molecule has 5 heterocycles. The summed E-state index contributed by atoms with van der Waals surface area (Å²) in [7, 11) is 0. The maximum atomic E-state index is 13.8. The van der Waals surface area contributed by atoms with Crippen molar-refractivity contribution in [3.8, 4) is 10.6 Å². The summed E-state index contributed by atoms with van der Waals surface area (Å²) in [5.74, 6) is -0.916. The Kier molecular flexibility index (Phi) is 4.46. The lowest BCUT2D eigenvalue weighted by Crippen LogP contribution is -2.31. The molecule has 11 heteroatoms. The number of hydrogen-bond acceptors (Lipinski definition) is 7. The highest BCUT2D eigenvalue weighted by molar-refractivity contribution is 7.13. The molecular weight excluding hydrogens is 423 g/mol. The van der Waals surface area contributed by atoms with Crippen LogP contribution in [0, 0.1) is 0 Å². The highest BCUT2D eigenvalue weighted by atomic mass is 32.1. The molecule has 0 saturated carbocycles. The van der Waals surface area contributed by atoms with E-state index < -0.39 is 42.1 Å². The van der Waals surface area contributed by atoms with Gasteiger partial charge in [0.25, 0.3) is 0 Å². The van der Waals surface area contributed by atoms with Gasteiger partial charge in [-0.3, -0.25) is 0 Å². The lowest BCUT2D eigenvalue weighted by Gasteiger charge is -2.24. The number of halogens is 3. The molecule has 4 atom stereocenters. The Bertz CT molecular complexity index is 1080. The number of nitrogens with zero attached hydrogens (tertiary/aromatic N) is 3. The molecule has 0 aromatic carbocycles. The number of aliphatic hydroxyl groups excluding tert-OH is 1. The second-order valence-electron chi connectivity index (χ2n) is 7.67. The summed E-state index contributed by atoms with van der Waals surface area (Å²) in [4.78, 5) is 5.08. The molecule has 2 aliphatic rings. The van der Waals surface area contributed by atoms with Crippen molar-refractivity contribution in [2.24, 2.45) is 0 Å². The number of thiophene rings is 1. The zero-order valence-electron chi connectivity index (χ0n) is 16.0. The zero-order chi connectivity index (χ0) is 21.3. The van der Waals surface area contributed by atoms with Crippen LogP contribution in [0.2, 0.25) is 0 Å². The van der Waals surface area contributed by atoms with Crippen molar-refractivity contribution in [1.29, 1.82) is 0 Å². The van der Waals surface area contributed by atoms with Crippen molar-refractivity contribution in [2.45, 2.75) is 50.4 Å². The summed E-state index contributed by atoms with van der Waals surface area (Å²) < 4.78 is 60.3. The maximum Gasteiger partial charge on any atom is 0.417 e. The summed E-state index contributed by atoms with van der Waals surface area (Å²) in [5.41, 5.74) is -0.591. The summed E-state index contributed by atoms with van der Waals surface area (Å²) in [6, 6.07) is 4.49. The number of hydrogen-bond donors (Lipinski definition) is 1. The van der Waals surface area contributed by atoms with Gasteiger partial charge in [-0.25, -0.2) is 9.67 Å². The fraction of sp³-hybridized carbons (Fsp3) is 0.474. The van der Waals surface area contributed by atoms with Crippen molar-refractivity contribution in [1.82, 2.24) is 14.8 Å². The Hall–Kier alpha value is -2.05. The normalized spacial score (nSPS) is 28.3. The van der Waals surface area contributed by atoms with Crippen LogP contribution >= 0.6 is 11.3 Å². The number of fused-ring (bicyclic) bond motifs is 2. The Morgan fingerprint density at radius 1 is 1.27 bits per heavy atom. The molecule has 0 unspecified atom stereocenters. The van der Waals surface area contributed by atoms with Crippen molar-refractivity contribution < 1.29 is 32.5 Å². The molecule has 0 spiro atoms. The van der Waals surface area contributed by atoms with Gasteiger partial charge < -0.3 is 19.3 Å². The van der Waals surface area contributed by atoms with Gasteiger partial charge in [0, 0.05) is 0 Å². The molecule has 3 aromatic heterocycles. The quantitative estimate of drug-likeness (QED) is 0.669. The van der Waals surface area contributed by atoms with E-state index in [0.717, 1.165) is 12.3 Å². The van der Waals surface area contributed by atoms with E-state index in [9.17, 15) is 18.3 Å². The third kappa shape index (κ3) is 3.12. The fourth-order valence-electron chi connectivity index (χ4n) is 3.99. The lowest BCUT2D eigenvalue weighted by molar-refractivity contribution is -0.201. The van der Waals surface area contributed by atoms with Crippen LogP contribution in [0.5, 0.6) is 0 Å². The number of alkyl halides is 3. The summed E-state index contributed by atoms with van der Waals surface area (Å²) >= 11 is 1.30. The highest BCUT2D eigenvalue weighted by Crippen LogP contribution is 2.44. The standard InChI is InChI=1S/C19H18F3N3O4S/c1-18(2)28-14-12(8-26)27-17(15(14)29-18)25-16-9(7-23-25)10(19(20,21)22)6-11(24-16)13-4-3-5-30-13/h3-7,12,14-15,17,26H,8H2,1-2H3/t12-,14-,15-,17-/m1/s1. The van der Waals surface area contributed by atoms with E-state index in [-0.39, 0.29) is 23.3 Å². The van der Waals surface area contributed by atoms with E-state index in [1.165, 1.54) is 16.0 Å².